The molecule has 1 spiro atoms. The quantitative estimate of drug-likeness (QED) is 0.854. The molecule has 1 N–H and O–H groups in total. The first-order chi connectivity index (χ1) is 12.6. The van der Waals surface area contributed by atoms with Gasteiger partial charge >= 0.3 is 0 Å². The van der Waals surface area contributed by atoms with E-state index in [0.717, 1.165) is 0 Å². The molecule has 4 atom stereocenters. The lowest BCUT2D eigenvalue weighted by atomic mass is 9.77. The number of aryl methyl sites for hydroxylation is 1. The number of hydrogen-bond donors (Lipinski definition) is 1. The van der Waals surface area contributed by atoms with E-state index >= 15 is 0 Å². The number of fused-ring (bicyclic) bond motifs is 1. The van der Waals surface area contributed by atoms with Crippen LogP contribution in [0.5, 0.6) is 0 Å². The molecule has 7 heteroatoms. The van der Waals surface area contributed by atoms with Crippen molar-refractivity contribution in [3.8, 4) is 0 Å². The summed E-state index contributed by atoms with van der Waals surface area (Å²) in [5.41, 5.74) is -0.0689. The fourth-order valence-corrected chi connectivity index (χ4v) is 4.22. The molecule has 0 saturated carbocycles. The molecular formula is C19H17N3O4. The molecule has 5 rings (SSSR count). The summed E-state index contributed by atoms with van der Waals surface area (Å²) >= 11 is 0. The first-order valence-corrected chi connectivity index (χ1v) is 8.55. The molecule has 0 aliphatic carbocycles. The number of carbonyl (C=O) groups excluding carboxylic acids is 2. The molecule has 0 radical (unpaired) electrons. The van der Waals surface area contributed by atoms with E-state index in [9.17, 15) is 9.59 Å². The van der Waals surface area contributed by atoms with Crippen molar-refractivity contribution in [2.45, 2.75) is 18.6 Å². The highest BCUT2D eigenvalue weighted by Gasteiger charge is 2.67. The molecule has 2 amide bonds. The Morgan fingerprint density at radius 1 is 1.35 bits per heavy atom. The number of anilines is 2. The maximum absolute atomic E-state index is 13.1. The maximum Gasteiger partial charge on any atom is 0.235 e. The van der Waals surface area contributed by atoms with Crippen LogP contribution in [0.2, 0.25) is 0 Å². The van der Waals surface area contributed by atoms with Gasteiger partial charge in [-0.05, 0) is 19.1 Å². The van der Waals surface area contributed by atoms with Crippen LogP contribution in [0.15, 0.2) is 53.1 Å². The second kappa shape index (κ2) is 5.28. The van der Waals surface area contributed by atoms with Crippen molar-refractivity contribution in [1.29, 1.82) is 0 Å². The third kappa shape index (κ3) is 2.07. The number of aromatic nitrogens is 1. The average Bonchev–Trinajstić information content (AvgIpc) is 3.37. The molecular weight excluding hydrogens is 334 g/mol. The summed E-state index contributed by atoms with van der Waals surface area (Å²) in [4.78, 5) is 27.6. The monoisotopic (exact) mass is 351 g/mol. The summed E-state index contributed by atoms with van der Waals surface area (Å²) in [7, 11) is 0. The summed E-state index contributed by atoms with van der Waals surface area (Å²) in [6, 6.07) is 10.9. The molecule has 3 aliphatic heterocycles. The molecule has 132 valence electrons. The van der Waals surface area contributed by atoms with Gasteiger partial charge in [0.05, 0.1) is 24.5 Å². The van der Waals surface area contributed by atoms with Gasteiger partial charge < -0.3 is 14.6 Å². The molecule has 7 nitrogen and oxygen atoms in total. The third-order valence-electron chi connectivity index (χ3n) is 5.34. The Kier molecular flexibility index (Phi) is 3.12. The topological polar surface area (TPSA) is 84.7 Å². The summed E-state index contributed by atoms with van der Waals surface area (Å²) in [5.74, 6) is -0.397. The van der Waals surface area contributed by atoms with E-state index in [1.54, 1.807) is 17.9 Å². The van der Waals surface area contributed by atoms with Gasteiger partial charge in [0.15, 0.2) is 5.82 Å². The number of para-hydroxylation sites is 1. The van der Waals surface area contributed by atoms with E-state index in [-0.39, 0.29) is 17.9 Å². The molecule has 26 heavy (non-hydrogen) atoms. The molecule has 0 unspecified atom stereocenters. The zero-order chi connectivity index (χ0) is 17.9. The van der Waals surface area contributed by atoms with Gasteiger partial charge in [0, 0.05) is 11.8 Å². The van der Waals surface area contributed by atoms with Crippen LogP contribution in [-0.2, 0) is 14.3 Å². The van der Waals surface area contributed by atoms with Crippen LogP contribution in [0, 0.1) is 18.8 Å². The maximum atomic E-state index is 13.1. The van der Waals surface area contributed by atoms with Gasteiger partial charge in [-0.15, -0.1) is 0 Å². The van der Waals surface area contributed by atoms with Gasteiger partial charge in [-0.1, -0.05) is 35.5 Å². The van der Waals surface area contributed by atoms with E-state index in [1.165, 1.54) is 0 Å². The molecule has 2 aromatic rings. The Hall–Kier alpha value is -2.93. The predicted octanol–water partition coefficient (Wildman–Crippen LogP) is 1.91. The number of nitrogens with zero attached hydrogens (tertiary/aromatic N) is 2. The SMILES string of the molecule is Cc1cc(N2C[C@@]34C=C[C@@H](O3)[C@@H](C(=O)Nc3ccccc3)[C@H]4C2=O)no1. The fourth-order valence-electron chi connectivity index (χ4n) is 4.22. The van der Waals surface area contributed by atoms with Crippen molar-refractivity contribution in [3.63, 3.8) is 0 Å². The van der Waals surface area contributed by atoms with Gasteiger partial charge in [-0.2, -0.15) is 0 Å². The Balaban J connectivity index is 1.45. The van der Waals surface area contributed by atoms with Crippen molar-refractivity contribution in [3.05, 3.63) is 54.3 Å². The van der Waals surface area contributed by atoms with Gasteiger partial charge in [-0.3, -0.25) is 14.5 Å². The molecule has 3 aliphatic rings. The minimum atomic E-state index is -0.771. The number of hydrogen-bond acceptors (Lipinski definition) is 5. The van der Waals surface area contributed by atoms with Crippen LogP contribution in [0.4, 0.5) is 11.5 Å². The first-order valence-electron chi connectivity index (χ1n) is 8.55. The number of carbonyl (C=O) groups is 2. The Bertz CT molecular complexity index is 922. The normalized spacial score (nSPS) is 31.5. The highest BCUT2D eigenvalue weighted by atomic mass is 16.5. The zero-order valence-electron chi connectivity index (χ0n) is 14.1. The largest absolute Gasteiger partial charge is 0.360 e. The number of amides is 2. The lowest BCUT2D eigenvalue weighted by molar-refractivity contribution is -0.128. The number of benzene rings is 1. The van der Waals surface area contributed by atoms with Crippen molar-refractivity contribution >= 4 is 23.3 Å². The van der Waals surface area contributed by atoms with Crippen molar-refractivity contribution in [2.24, 2.45) is 11.8 Å². The lowest BCUT2D eigenvalue weighted by Crippen LogP contribution is -2.41. The first kappa shape index (κ1) is 15.3. The molecule has 1 aromatic carbocycles. The average molecular weight is 351 g/mol. The van der Waals surface area contributed by atoms with E-state index in [1.807, 2.05) is 42.5 Å². The Labute approximate surface area is 149 Å². The van der Waals surface area contributed by atoms with Crippen LogP contribution in [0.3, 0.4) is 0 Å². The zero-order valence-corrected chi connectivity index (χ0v) is 14.1. The van der Waals surface area contributed by atoms with Crippen molar-refractivity contribution < 1.29 is 18.8 Å². The van der Waals surface area contributed by atoms with E-state index in [2.05, 4.69) is 10.5 Å². The standard InChI is InChI=1S/C19H17N3O4/c1-11-9-14(21-26-11)22-10-19-8-7-13(25-19)15(16(19)18(22)24)17(23)20-12-5-3-2-4-6-12/h2-9,13,15-16H,10H2,1H3,(H,20,23)/t13-,15-,16+,19-/m1/s1. The minimum Gasteiger partial charge on any atom is -0.360 e. The fraction of sp³-hybridized carbons (Fsp3) is 0.316. The summed E-state index contributed by atoms with van der Waals surface area (Å²) < 4.78 is 11.2. The Morgan fingerprint density at radius 3 is 2.88 bits per heavy atom. The van der Waals surface area contributed by atoms with Gasteiger partial charge in [0.25, 0.3) is 0 Å². The van der Waals surface area contributed by atoms with Crippen LogP contribution >= 0.6 is 0 Å². The molecule has 4 heterocycles. The predicted molar refractivity (Wildman–Crippen MR) is 92.4 cm³/mol. The second-order valence-electron chi connectivity index (χ2n) is 6.98. The number of ether oxygens (including phenoxy) is 1. The number of nitrogens with one attached hydrogen (secondary N) is 1. The highest BCUT2D eigenvalue weighted by Crippen LogP contribution is 2.52. The highest BCUT2D eigenvalue weighted by molar-refractivity contribution is 6.05. The summed E-state index contributed by atoms with van der Waals surface area (Å²) in [6.07, 6.45) is 3.42. The van der Waals surface area contributed by atoms with E-state index < -0.39 is 17.4 Å². The Morgan fingerprint density at radius 2 is 2.15 bits per heavy atom. The van der Waals surface area contributed by atoms with Gasteiger partial charge in [-0.25, -0.2) is 0 Å². The molecule has 1 aromatic heterocycles. The molecule has 2 fully saturated rings. The summed E-state index contributed by atoms with van der Waals surface area (Å²) in [6.45, 7) is 2.11. The van der Waals surface area contributed by atoms with Crippen molar-refractivity contribution in [2.75, 3.05) is 16.8 Å². The van der Waals surface area contributed by atoms with Gasteiger partial charge in [0.1, 0.15) is 11.4 Å². The van der Waals surface area contributed by atoms with Crippen LogP contribution in [0.25, 0.3) is 0 Å². The third-order valence-corrected chi connectivity index (χ3v) is 5.34. The second-order valence-corrected chi connectivity index (χ2v) is 6.98. The molecule has 2 bridgehead atoms. The van der Waals surface area contributed by atoms with Gasteiger partial charge in [0.2, 0.25) is 11.8 Å². The number of rotatable bonds is 3. The van der Waals surface area contributed by atoms with Crippen LogP contribution in [-0.4, -0.2) is 35.2 Å². The van der Waals surface area contributed by atoms with Crippen molar-refractivity contribution in [1.82, 2.24) is 5.16 Å². The van der Waals surface area contributed by atoms with Crippen LogP contribution in [0.1, 0.15) is 5.76 Å². The van der Waals surface area contributed by atoms with Crippen LogP contribution < -0.4 is 10.2 Å². The minimum absolute atomic E-state index is 0.154. The molecule has 2 saturated heterocycles. The summed E-state index contributed by atoms with van der Waals surface area (Å²) in [5, 5.41) is 6.84. The van der Waals surface area contributed by atoms with E-state index in [4.69, 9.17) is 9.26 Å². The lowest BCUT2D eigenvalue weighted by Gasteiger charge is -2.23. The van der Waals surface area contributed by atoms with E-state index in [0.29, 0.717) is 23.8 Å². The smallest absolute Gasteiger partial charge is 0.235 e.